The number of nitro groups is 1. The first-order valence-corrected chi connectivity index (χ1v) is 10.6. The summed E-state index contributed by atoms with van der Waals surface area (Å²) >= 11 is 3.54. The lowest BCUT2D eigenvalue weighted by Crippen LogP contribution is -2.27. The number of likely N-dealkylation sites (N-methyl/N-ethyl adjacent to an activating group) is 1. The fraction of sp³-hybridized carbons (Fsp3) is 0.429. The quantitative estimate of drug-likeness (QED) is 0.120. The summed E-state index contributed by atoms with van der Waals surface area (Å²) in [4.78, 5) is 13.0. The van der Waals surface area contributed by atoms with Gasteiger partial charge in [0.2, 0.25) is 0 Å². The van der Waals surface area contributed by atoms with Crippen LogP contribution in [0, 0.1) is 10.1 Å². The number of rotatable bonds is 12. The zero-order valence-electron chi connectivity index (χ0n) is 16.8. The highest BCUT2D eigenvalue weighted by atomic mass is 79.9. The van der Waals surface area contributed by atoms with Gasteiger partial charge in [-0.2, -0.15) is 10.2 Å². The molecule has 2 aromatic carbocycles. The van der Waals surface area contributed by atoms with Crippen LogP contribution in [0.15, 0.2) is 58.8 Å². The van der Waals surface area contributed by atoms with Gasteiger partial charge in [0, 0.05) is 42.3 Å². The molecular formula is C21H27BrN4O3. The fourth-order valence-corrected chi connectivity index (χ4v) is 3.02. The van der Waals surface area contributed by atoms with Crippen LogP contribution in [0.25, 0.3) is 0 Å². The summed E-state index contributed by atoms with van der Waals surface area (Å²) in [5.74, 6) is 0. The molecule has 0 N–H and O–H groups in total. The number of anilines is 1. The minimum absolute atomic E-state index is 0.0367. The number of hydrogen-bond donors (Lipinski definition) is 0. The molecule has 0 fully saturated rings. The SMILES string of the molecule is CCN(CCOCCCC(C)Br)c1ccc(N=Nc2ccc([N+](=O)[O-])cc2)cc1. The van der Waals surface area contributed by atoms with E-state index in [0.29, 0.717) is 17.1 Å². The van der Waals surface area contributed by atoms with Gasteiger partial charge >= 0.3 is 0 Å². The standard InChI is InChI=1S/C21H27BrN4O3/c1-3-25(14-16-29-15-4-5-17(2)22)20-10-6-18(7-11-20)23-24-19-8-12-21(13-9-19)26(27)28/h6-13,17H,3-5,14-16H2,1-2H3. The van der Waals surface area contributed by atoms with Crippen LogP contribution in [0.3, 0.4) is 0 Å². The highest BCUT2D eigenvalue weighted by Gasteiger charge is 2.05. The van der Waals surface area contributed by atoms with Crippen molar-refractivity contribution in [3.8, 4) is 0 Å². The number of non-ortho nitro benzene ring substituents is 1. The van der Waals surface area contributed by atoms with E-state index in [9.17, 15) is 10.1 Å². The summed E-state index contributed by atoms with van der Waals surface area (Å²) in [6.07, 6.45) is 2.18. The van der Waals surface area contributed by atoms with Crippen LogP contribution in [-0.4, -0.2) is 36.1 Å². The van der Waals surface area contributed by atoms with Crippen molar-refractivity contribution in [1.29, 1.82) is 0 Å². The third-order valence-electron chi connectivity index (χ3n) is 4.33. The van der Waals surface area contributed by atoms with Crippen LogP contribution >= 0.6 is 15.9 Å². The Labute approximate surface area is 180 Å². The average Bonchev–Trinajstić information content (AvgIpc) is 2.72. The molecule has 156 valence electrons. The summed E-state index contributed by atoms with van der Waals surface area (Å²) in [7, 11) is 0. The van der Waals surface area contributed by atoms with Gasteiger partial charge in [0.05, 0.1) is 22.9 Å². The van der Waals surface area contributed by atoms with Gasteiger partial charge in [0.15, 0.2) is 0 Å². The molecule has 8 heteroatoms. The Kier molecular flexibility index (Phi) is 9.73. The van der Waals surface area contributed by atoms with Crippen molar-refractivity contribution in [2.75, 3.05) is 31.2 Å². The van der Waals surface area contributed by atoms with Gasteiger partial charge in [-0.1, -0.05) is 22.9 Å². The second-order valence-corrected chi connectivity index (χ2v) is 8.17. The summed E-state index contributed by atoms with van der Waals surface area (Å²) in [6.45, 7) is 7.49. The van der Waals surface area contributed by atoms with Gasteiger partial charge in [-0.05, 0) is 56.2 Å². The predicted molar refractivity (Wildman–Crippen MR) is 120 cm³/mol. The van der Waals surface area contributed by atoms with E-state index in [4.69, 9.17) is 4.74 Å². The number of ether oxygens (including phenoxy) is 1. The molecule has 0 saturated heterocycles. The van der Waals surface area contributed by atoms with Crippen LogP contribution < -0.4 is 4.90 Å². The fourth-order valence-electron chi connectivity index (χ4n) is 2.70. The maximum absolute atomic E-state index is 10.7. The molecule has 2 rings (SSSR count). The van der Waals surface area contributed by atoms with Crippen molar-refractivity contribution in [2.24, 2.45) is 10.2 Å². The molecule has 0 saturated carbocycles. The maximum atomic E-state index is 10.7. The van der Waals surface area contributed by atoms with E-state index in [1.165, 1.54) is 12.1 Å². The molecule has 0 amide bonds. The van der Waals surface area contributed by atoms with Crippen molar-refractivity contribution in [3.63, 3.8) is 0 Å². The van der Waals surface area contributed by atoms with Crippen molar-refractivity contribution in [3.05, 3.63) is 58.6 Å². The number of halogens is 1. The molecule has 0 bridgehead atoms. The van der Waals surface area contributed by atoms with E-state index in [-0.39, 0.29) is 5.69 Å². The number of alkyl halides is 1. The normalized spacial score (nSPS) is 12.2. The van der Waals surface area contributed by atoms with E-state index in [2.05, 4.69) is 44.9 Å². The maximum Gasteiger partial charge on any atom is 0.269 e. The Morgan fingerprint density at radius 2 is 1.66 bits per heavy atom. The largest absolute Gasteiger partial charge is 0.380 e. The van der Waals surface area contributed by atoms with Gasteiger partial charge in [-0.15, -0.1) is 0 Å². The summed E-state index contributed by atoms with van der Waals surface area (Å²) in [5.41, 5.74) is 2.44. The van der Waals surface area contributed by atoms with Crippen LogP contribution in [0.4, 0.5) is 22.7 Å². The van der Waals surface area contributed by atoms with E-state index < -0.39 is 4.92 Å². The minimum atomic E-state index is -0.437. The van der Waals surface area contributed by atoms with E-state index >= 15 is 0 Å². The zero-order valence-corrected chi connectivity index (χ0v) is 18.4. The molecule has 0 aliphatic carbocycles. The average molecular weight is 463 g/mol. The third-order valence-corrected chi connectivity index (χ3v) is 4.79. The lowest BCUT2D eigenvalue weighted by atomic mass is 10.2. The highest BCUT2D eigenvalue weighted by molar-refractivity contribution is 9.09. The van der Waals surface area contributed by atoms with E-state index in [0.717, 1.165) is 43.9 Å². The van der Waals surface area contributed by atoms with Crippen LogP contribution in [-0.2, 0) is 4.74 Å². The molecule has 0 aliphatic rings. The van der Waals surface area contributed by atoms with Gasteiger partial charge in [-0.3, -0.25) is 10.1 Å². The lowest BCUT2D eigenvalue weighted by molar-refractivity contribution is -0.384. The Bertz CT molecular complexity index is 780. The van der Waals surface area contributed by atoms with Crippen molar-refractivity contribution in [1.82, 2.24) is 0 Å². The number of nitro benzene ring substituents is 1. The molecule has 0 heterocycles. The molecule has 0 aliphatic heterocycles. The first-order valence-electron chi connectivity index (χ1n) is 9.72. The molecule has 2 aromatic rings. The van der Waals surface area contributed by atoms with E-state index in [1.807, 2.05) is 24.3 Å². The topological polar surface area (TPSA) is 80.3 Å². The number of azo groups is 1. The molecule has 0 radical (unpaired) electrons. The van der Waals surface area contributed by atoms with Crippen molar-refractivity contribution in [2.45, 2.75) is 31.5 Å². The van der Waals surface area contributed by atoms with Crippen LogP contribution in [0.1, 0.15) is 26.7 Å². The van der Waals surface area contributed by atoms with Crippen molar-refractivity contribution >= 4 is 38.7 Å². The van der Waals surface area contributed by atoms with Gasteiger partial charge in [0.1, 0.15) is 0 Å². The predicted octanol–water partition coefficient (Wildman–Crippen LogP) is 6.42. The second kappa shape index (κ2) is 12.3. The Morgan fingerprint density at radius 1 is 1.07 bits per heavy atom. The first kappa shape index (κ1) is 23.0. The Balaban J connectivity index is 1.84. The summed E-state index contributed by atoms with van der Waals surface area (Å²) < 4.78 is 5.73. The number of nitrogens with zero attached hydrogens (tertiary/aromatic N) is 4. The lowest BCUT2D eigenvalue weighted by Gasteiger charge is -2.23. The molecule has 7 nitrogen and oxygen atoms in total. The third kappa shape index (κ3) is 8.29. The Morgan fingerprint density at radius 3 is 2.17 bits per heavy atom. The molecule has 29 heavy (non-hydrogen) atoms. The van der Waals surface area contributed by atoms with Crippen LogP contribution in [0.2, 0.25) is 0 Å². The highest BCUT2D eigenvalue weighted by Crippen LogP contribution is 2.23. The number of benzene rings is 2. The second-order valence-electron chi connectivity index (χ2n) is 6.60. The van der Waals surface area contributed by atoms with Crippen LogP contribution in [0.5, 0.6) is 0 Å². The molecule has 1 atom stereocenters. The van der Waals surface area contributed by atoms with Crippen molar-refractivity contribution < 1.29 is 9.66 Å². The smallest absolute Gasteiger partial charge is 0.269 e. The zero-order chi connectivity index (χ0) is 21.1. The Hall–Kier alpha value is -2.32. The molecule has 1 unspecified atom stereocenters. The van der Waals surface area contributed by atoms with Gasteiger partial charge in [-0.25, -0.2) is 0 Å². The molecule has 0 spiro atoms. The summed E-state index contributed by atoms with van der Waals surface area (Å²) in [5, 5.41) is 19.0. The van der Waals surface area contributed by atoms with Gasteiger partial charge in [0.25, 0.3) is 5.69 Å². The monoisotopic (exact) mass is 462 g/mol. The number of hydrogen-bond acceptors (Lipinski definition) is 6. The van der Waals surface area contributed by atoms with Gasteiger partial charge < -0.3 is 9.64 Å². The first-order chi connectivity index (χ1) is 14.0. The molecule has 0 aromatic heterocycles. The summed E-state index contributed by atoms with van der Waals surface area (Å²) in [6, 6.07) is 13.8. The molecular weight excluding hydrogens is 436 g/mol. The van der Waals surface area contributed by atoms with E-state index in [1.54, 1.807) is 12.1 Å². The minimum Gasteiger partial charge on any atom is -0.380 e.